The highest BCUT2D eigenvalue weighted by atomic mass is 35.5. The summed E-state index contributed by atoms with van der Waals surface area (Å²) in [6.07, 6.45) is 3.63. The van der Waals surface area contributed by atoms with Gasteiger partial charge in [-0.3, -0.25) is 14.5 Å². The standard InChI is InChI=1S/C27H31Cl3N6O2S/c1-34(2)21-12-18(29)11-20(26(37)32-22-6-5-17(28)13-31-22)24(21)33-27(38)25-23(30)16(15-39-25)14-36(4)19-7-9-35(3)10-8-19/h5-6,11-13,15,19H,7-10,14H2,1-4H3,(H,33,38)(H,31,32,37). The summed E-state index contributed by atoms with van der Waals surface area (Å²) in [5.41, 5.74) is 1.98. The number of pyridine rings is 1. The molecule has 0 spiro atoms. The number of carbonyl (C=O) groups excluding carboxylic acids is 2. The Morgan fingerprint density at radius 3 is 2.41 bits per heavy atom. The molecule has 4 rings (SSSR count). The zero-order valence-electron chi connectivity index (χ0n) is 22.2. The number of likely N-dealkylation sites (tertiary alicyclic amines) is 1. The average molecular weight is 610 g/mol. The van der Waals surface area contributed by atoms with Gasteiger partial charge in [0.1, 0.15) is 10.7 Å². The molecule has 12 heteroatoms. The van der Waals surface area contributed by atoms with Crippen LogP contribution in [0, 0.1) is 0 Å². The summed E-state index contributed by atoms with van der Waals surface area (Å²) >= 11 is 20.3. The van der Waals surface area contributed by atoms with Crippen LogP contribution in [0.5, 0.6) is 0 Å². The molecule has 8 nitrogen and oxygen atoms in total. The van der Waals surface area contributed by atoms with Gasteiger partial charge in [-0.2, -0.15) is 0 Å². The molecule has 0 unspecified atom stereocenters. The Hall–Kier alpha value is -2.40. The quantitative estimate of drug-likeness (QED) is 0.317. The number of amides is 2. The van der Waals surface area contributed by atoms with Crippen molar-refractivity contribution in [3.05, 3.63) is 66.9 Å². The smallest absolute Gasteiger partial charge is 0.267 e. The molecule has 39 heavy (non-hydrogen) atoms. The van der Waals surface area contributed by atoms with Crippen LogP contribution in [0.3, 0.4) is 0 Å². The number of rotatable bonds is 8. The van der Waals surface area contributed by atoms with E-state index < -0.39 is 11.8 Å². The van der Waals surface area contributed by atoms with Crippen molar-refractivity contribution in [2.75, 3.05) is 56.8 Å². The molecule has 0 bridgehead atoms. The summed E-state index contributed by atoms with van der Waals surface area (Å²) in [7, 11) is 7.85. The van der Waals surface area contributed by atoms with Gasteiger partial charge in [0.05, 0.1) is 27.0 Å². The minimum Gasteiger partial charge on any atom is -0.376 e. The van der Waals surface area contributed by atoms with Crippen LogP contribution in [-0.4, -0.2) is 73.9 Å². The van der Waals surface area contributed by atoms with Crippen LogP contribution in [-0.2, 0) is 6.54 Å². The first kappa shape index (κ1) is 29.6. The molecule has 1 aliphatic rings. The lowest BCUT2D eigenvalue weighted by atomic mass is 10.0. The van der Waals surface area contributed by atoms with Gasteiger partial charge in [-0.25, -0.2) is 4.98 Å². The van der Waals surface area contributed by atoms with E-state index >= 15 is 0 Å². The topological polar surface area (TPSA) is 80.8 Å². The van der Waals surface area contributed by atoms with Crippen LogP contribution in [0.15, 0.2) is 35.8 Å². The van der Waals surface area contributed by atoms with Crippen LogP contribution in [0.4, 0.5) is 17.2 Å². The van der Waals surface area contributed by atoms with Crippen molar-refractivity contribution in [1.82, 2.24) is 14.8 Å². The molecule has 1 aliphatic heterocycles. The van der Waals surface area contributed by atoms with Gasteiger partial charge in [-0.15, -0.1) is 11.3 Å². The monoisotopic (exact) mass is 608 g/mol. The molecule has 2 amide bonds. The third-order valence-corrected chi connectivity index (χ3v) is 8.77. The molecule has 2 aromatic heterocycles. The summed E-state index contributed by atoms with van der Waals surface area (Å²) in [6, 6.07) is 6.88. The van der Waals surface area contributed by atoms with Crippen molar-refractivity contribution in [1.29, 1.82) is 0 Å². The minimum atomic E-state index is -0.483. The van der Waals surface area contributed by atoms with Gasteiger partial charge in [-0.1, -0.05) is 34.8 Å². The Morgan fingerprint density at radius 1 is 1.05 bits per heavy atom. The first-order valence-electron chi connectivity index (χ1n) is 12.4. The first-order valence-corrected chi connectivity index (χ1v) is 14.4. The Labute approximate surface area is 247 Å². The van der Waals surface area contributed by atoms with Crippen LogP contribution in [0.25, 0.3) is 0 Å². The van der Waals surface area contributed by atoms with Crippen LogP contribution < -0.4 is 15.5 Å². The van der Waals surface area contributed by atoms with Gasteiger partial charge in [0.25, 0.3) is 11.8 Å². The Morgan fingerprint density at radius 2 is 1.77 bits per heavy atom. The number of benzene rings is 1. The number of halogens is 3. The molecule has 1 fully saturated rings. The summed E-state index contributed by atoms with van der Waals surface area (Å²) in [5.74, 6) is -0.571. The zero-order chi connectivity index (χ0) is 28.3. The van der Waals surface area contributed by atoms with Crippen LogP contribution in [0.1, 0.15) is 38.4 Å². The number of piperidine rings is 1. The second-order valence-corrected chi connectivity index (χ2v) is 12.0. The molecule has 3 heterocycles. The lowest BCUT2D eigenvalue weighted by molar-refractivity contribution is 0.102. The second kappa shape index (κ2) is 12.8. The van der Waals surface area contributed by atoms with E-state index in [0.29, 0.717) is 49.7 Å². The number of carbonyl (C=O) groups is 2. The maximum atomic E-state index is 13.5. The van der Waals surface area contributed by atoms with Crippen molar-refractivity contribution in [2.24, 2.45) is 0 Å². The fourth-order valence-corrected chi connectivity index (χ4v) is 6.10. The summed E-state index contributed by atoms with van der Waals surface area (Å²) < 4.78 is 0. The summed E-state index contributed by atoms with van der Waals surface area (Å²) in [6.45, 7) is 2.79. The molecule has 0 saturated carbocycles. The van der Waals surface area contributed by atoms with Crippen molar-refractivity contribution < 1.29 is 9.59 Å². The van der Waals surface area contributed by atoms with Gasteiger partial charge < -0.3 is 20.4 Å². The molecule has 208 valence electrons. The van der Waals surface area contributed by atoms with Crippen LogP contribution in [0.2, 0.25) is 15.1 Å². The van der Waals surface area contributed by atoms with Crippen LogP contribution >= 0.6 is 46.1 Å². The molecule has 2 N–H and O–H groups in total. The number of hydrogen-bond acceptors (Lipinski definition) is 7. The third-order valence-electron chi connectivity index (χ3n) is 6.75. The molecule has 0 aliphatic carbocycles. The summed E-state index contributed by atoms with van der Waals surface area (Å²) in [4.78, 5) is 37.7. The highest BCUT2D eigenvalue weighted by molar-refractivity contribution is 7.13. The highest BCUT2D eigenvalue weighted by Gasteiger charge is 2.25. The molecular weight excluding hydrogens is 579 g/mol. The number of thiophene rings is 1. The number of anilines is 3. The number of nitrogens with zero attached hydrogens (tertiary/aromatic N) is 4. The fourth-order valence-electron chi connectivity index (χ4n) is 4.53. The van der Waals surface area contributed by atoms with Gasteiger partial charge in [0.15, 0.2) is 0 Å². The average Bonchev–Trinajstić information content (AvgIpc) is 3.26. The minimum absolute atomic E-state index is 0.186. The zero-order valence-corrected chi connectivity index (χ0v) is 25.3. The Bertz CT molecular complexity index is 1340. The molecule has 1 saturated heterocycles. The Balaban J connectivity index is 1.57. The van der Waals surface area contributed by atoms with E-state index in [-0.39, 0.29) is 5.56 Å². The van der Waals surface area contributed by atoms with Gasteiger partial charge >= 0.3 is 0 Å². The van der Waals surface area contributed by atoms with E-state index in [1.807, 2.05) is 5.38 Å². The fraction of sp³-hybridized carbons (Fsp3) is 0.370. The number of aromatic nitrogens is 1. The van der Waals surface area contributed by atoms with Crippen molar-refractivity contribution in [3.63, 3.8) is 0 Å². The van der Waals surface area contributed by atoms with Crippen molar-refractivity contribution in [2.45, 2.75) is 25.4 Å². The lowest BCUT2D eigenvalue weighted by Crippen LogP contribution is -2.41. The van der Waals surface area contributed by atoms with E-state index in [2.05, 4.69) is 39.5 Å². The van der Waals surface area contributed by atoms with Crippen molar-refractivity contribution in [3.8, 4) is 0 Å². The van der Waals surface area contributed by atoms with Gasteiger partial charge in [-0.05, 0) is 75.2 Å². The molecule has 0 atom stereocenters. The normalized spacial score (nSPS) is 14.5. The maximum Gasteiger partial charge on any atom is 0.267 e. The Kier molecular flexibility index (Phi) is 9.74. The van der Waals surface area contributed by atoms with Gasteiger partial charge in [0, 0.05) is 37.9 Å². The van der Waals surface area contributed by atoms with E-state index in [1.165, 1.54) is 23.6 Å². The SMILES string of the molecule is CN1CCC(N(C)Cc2csc(C(=O)Nc3c(C(=O)Nc4ccc(Cl)cn4)cc(Cl)cc3N(C)C)c2Cl)CC1. The molecule has 1 aromatic carbocycles. The molecule has 0 radical (unpaired) electrons. The first-order chi connectivity index (χ1) is 18.5. The van der Waals surface area contributed by atoms with Crippen molar-refractivity contribution >= 4 is 75.1 Å². The number of nitrogens with one attached hydrogen (secondary N) is 2. The third kappa shape index (κ3) is 7.22. The second-order valence-electron chi connectivity index (χ2n) is 9.87. The largest absolute Gasteiger partial charge is 0.376 e. The summed E-state index contributed by atoms with van der Waals surface area (Å²) in [5, 5.41) is 8.80. The molecular formula is C27H31Cl3N6O2S. The maximum absolute atomic E-state index is 13.5. The predicted octanol–water partition coefficient (Wildman–Crippen LogP) is 6.20. The predicted molar refractivity (Wildman–Crippen MR) is 162 cm³/mol. The lowest BCUT2D eigenvalue weighted by Gasteiger charge is -2.35. The van der Waals surface area contributed by atoms with E-state index in [9.17, 15) is 9.59 Å². The van der Waals surface area contributed by atoms with E-state index in [1.54, 1.807) is 37.2 Å². The van der Waals surface area contributed by atoms with E-state index in [0.717, 1.165) is 31.5 Å². The number of hydrogen-bond donors (Lipinski definition) is 2. The molecule has 3 aromatic rings. The van der Waals surface area contributed by atoms with E-state index in [4.69, 9.17) is 34.8 Å². The highest BCUT2D eigenvalue weighted by Crippen LogP contribution is 2.36. The van der Waals surface area contributed by atoms with Gasteiger partial charge in [0.2, 0.25) is 0 Å².